The van der Waals surface area contributed by atoms with E-state index in [4.69, 9.17) is 27.9 Å². The van der Waals surface area contributed by atoms with E-state index >= 15 is 0 Å². The average Bonchev–Trinajstić information content (AvgIpc) is 2.66. The molecule has 0 saturated carbocycles. The Bertz CT molecular complexity index is 535. The van der Waals surface area contributed by atoms with Crippen LogP contribution in [0, 0.1) is 0 Å². The van der Waals surface area contributed by atoms with Crippen LogP contribution in [-0.4, -0.2) is 27.7 Å². The van der Waals surface area contributed by atoms with Crippen LogP contribution in [-0.2, 0) is 14.8 Å². The molecule has 1 heterocycles. The van der Waals surface area contributed by atoms with Gasteiger partial charge in [-0.15, -0.1) is 0 Å². The van der Waals surface area contributed by atoms with Crippen LogP contribution in [0.2, 0.25) is 10.0 Å². The third kappa shape index (κ3) is 3.18. The number of rotatable bonds is 3. The molecule has 1 fully saturated rings. The predicted molar refractivity (Wildman–Crippen MR) is 73.7 cm³/mol. The van der Waals surface area contributed by atoms with Gasteiger partial charge >= 0.3 is 0 Å². The fraction of sp³-hybridized carbons (Fsp3) is 0.400. The minimum atomic E-state index is -3.74. The van der Waals surface area contributed by atoms with Gasteiger partial charge in [-0.2, -0.15) is 0 Å². The summed E-state index contributed by atoms with van der Waals surface area (Å²) in [5, 5.41) is 0.168. The molecule has 1 atom stereocenters. The van der Waals surface area contributed by atoms with Gasteiger partial charge in [0, 0.05) is 17.1 Å². The van der Waals surface area contributed by atoms with E-state index < -0.39 is 10.0 Å². The maximum absolute atomic E-state index is 12.2. The van der Waals surface area contributed by atoms with Crippen molar-refractivity contribution in [1.29, 1.82) is 0 Å². The molecule has 18 heavy (non-hydrogen) atoms. The molecule has 1 unspecified atom stereocenters. The minimum Gasteiger partial charge on any atom is -0.380 e. The number of benzene rings is 1. The first-order valence-corrected chi connectivity index (χ1v) is 8.18. The third-order valence-electron chi connectivity index (χ3n) is 2.48. The molecular formula is C10H10BrCl2NO3S. The van der Waals surface area contributed by atoms with Crippen LogP contribution in [0.1, 0.15) is 6.42 Å². The lowest BCUT2D eigenvalue weighted by Crippen LogP contribution is -2.35. The van der Waals surface area contributed by atoms with Crippen LogP contribution >= 0.6 is 39.1 Å². The highest BCUT2D eigenvalue weighted by atomic mass is 79.9. The van der Waals surface area contributed by atoms with Crippen LogP contribution in [0.3, 0.4) is 0 Å². The molecular weight excluding hydrogens is 365 g/mol. The van der Waals surface area contributed by atoms with Crippen molar-refractivity contribution in [2.45, 2.75) is 17.4 Å². The summed E-state index contributed by atoms with van der Waals surface area (Å²) < 4.78 is 32.7. The summed E-state index contributed by atoms with van der Waals surface area (Å²) in [6.45, 7) is 0.917. The summed E-state index contributed by atoms with van der Waals surface area (Å²) in [4.78, 5) is -0.0964. The second-order valence-corrected chi connectivity index (χ2v) is 7.26. The molecule has 0 spiro atoms. The van der Waals surface area contributed by atoms with Gasteiger partial charge < -0.3 is 4.74 Å². The summed E-state index contributed by atoms with van der Waals surface area (Å²) in [6, 6.07) is 2.76. The first-order valence-electron chi connectivity index (χ1n) is 5.15. The SMILES string of the molecule is O=S(=O)(NC1CCOC1)c1c(Cl)cc(Br)cc1Cl. The van der Waals surface area contributed by atoms with Gasteiger partial charge in [0.2, 0.25) is 10.0 Å². The second-order valence-electron chi connectivity index (χ2n) is 3.88. The molecule has 1 aromatic carbocycles. The summed E-state index contributed by atoms with van der Waals surface area (Å²) >= 11 is 15.1. The Balaban J connectivity index is 2.34. The molecule has 0 radical (unpaired) electrons. The molecule has 1 saturated heterocycles. The average molecular weight is 375 g/mol. The van der Waals surface area contributed by atoms with E-state index in [1.165, 1.54) is 12.1 Å². The zero-order valence-corrected chi connectivity index (χ0v) is 13.0. The zero-order valence-electron chi connectivity index (χ0n) is 9.12. The molecule has 1 aliphatic heterocycles. The topological polar surface area (TPSA) is 55.4 Å². The van der Waals surface area contributed by atoms with Gasteiger partial charge in [0.25, 0.3) is 0 Å². The lowest BCUT2D eigenvalue weighted by molar-refractivity contribution is 0.192. The second kappa shape index (κ2) is 5.64. The molecule has 1 N–H and O–H groups in total. The summed E-state index contributed by atoms with van der Waals surface area (Å²) in [5.41, 5.74) is 0. The maximum atomic E-state index is 12.2. The van der Waals surface area contributed by atoms with Gasteiger partial charge in [0.1, 0.15) is 4.90 Å². The molecule has 1 aliphatic rings. The molecule has 8 heteroatoms. The van der Waals surface area contributed by atoms with Crippen molar-refractivity contribution in [3.8, 4) is 0 Å². The molecule has 2 rings (SSSR count). The van der Waals surface area contributed by atoms with Crippen molar-refractivity contribution in [1.82, 2.24) is 4.72 Å². The Morgan fingerprint density at radius 3 is 2.44 bits per heavy atom. The van der Waals surface area contributed by atoms with Gasteiger partial charge in [-0.3, -0.25) is 0 Å². The van der Waals surface area contributed by atoms with E-state index in [1.54, 1.807) is 0 Å². The molecule has 4 nitrogen and oxygen atoms in total. The Morgan fingerprint density at radius 2 is 1.94 bits per heavy atom. The zero-order chi connectivity index (χ0) is 13.3. The maximum Gasteiger partial charge on any atom is 0.243 e. The normalized spacial score (nSPS) is 20.3. The minimum absolute atomic E-state index is 0.0841. The number of halogens is 3. The molecule has 0 aliphatic carbocycles. The monoisotopic (exact) mass is 373 g/mol. The van der Waals surface area contributed by atoms with Gasteiger partial charge in [-0.1, -0.05) is 39.1 Å². The first kappa shape index (κ1) is 14.6. The van der Waals surface area contributed by atoms with E-state index in [0.717, 1.165) is 0 Å². The summed E-state index contributed by atoms with van der Waals surface area (Å²) in [7, 11) is -3.74. The lowest BCUT2D eigenvalue weighted by Gasteiger charge is -2.13. The van der Waals surface area contributed by atoms with Crippen LogP contribution in [0.25, 0.3) is 0 Å². The van der Waals surface area contributed by atoms with Crippen molar-refractivity contribution < 1.29 is 13.2 Å². The Morgan fingerprint density at radius 1 is 1.33 bits per heavy atom. The number of nitrogens with one attached hydrogen (secondary N) is 1. The molecule has 0 amide bonds. The highest BCUT2D eigenvalue weighted by Crippen LogP contribution is 2.33. The van der Waals surface area contributed by atoms with E-state index in [1.807, 2.05) is 0 Å². The number of hydrogen-bond donors (Lipinski definition) is 1. The Hall–Kier alpha value is 0.150. The van der Waals surface area contributed by atoms with Crippen LogP contribution < -0.4 is 4.72 Å². The molecule has 1 aromatic rings. The van der Waals surface area contributed by atoms with Crippen LogP contribution in [0.15, 0.2) is 21.5 Å². The van der Waals surface area contributed by atoms with E-state index in [9.17, 15) is 8.42 Å². The van der Waals surface area contributed by atoms with Crippen molar-refractivity contribution in [2.24, 2.45) is 0 Å². The molecule has 0 bridgehead atoms. The number of ether oxygens (including phenoxy) is 1. The van der Waals surface area contributed by atoms with Crippen molar-refractivity contribution >= 4 is 49.2 Å². The summed E-state index contributed by atoms with van der Waals surface area (Å²) in [6.07, 6.45) is 0.644. The van der Waals surface area contributed by atoms with Gasteiger partial charge in [0.05, 0.1) is 16.7 Å². The number of hydrogen-bond acceptors (Lipinski definition) is 3. The van der Waals surface area contributed by atoms with Gasteiger partial charge in [-0.05, 0) is 18.6 Å². The largest absolute Gasteiger partial charge is 0.380 e. The van der Waals surface area contributed by atoms with E-state index in [0.29, 0.717) is 24.1 Å². The van der Waals surface area contributed by atoms with Crippen LogP contribution in [0.5, 0.6) is 0 Å². The Kier molecular flexibility index (Phi) is 4.57. The highest BCUT2D eigenvalue weighted by Gasteiger charge is 2.27. The van der Waals surface area contributed by atoms with Gasteiger partial charge in [-0.25, -0.2) is 13.1 Å². The first-order chi connectivity index (χ1) is 8.40. The third-order valence-corrected chi connectivity index (χ3v) is 5.38. The smallest absolute Gasteiger partial charge is 0.243 e. The standard InChI is InChI=1S/C10H10BrCl2NO3S/c11-6-3-8(12)10(9(13)4-6)18(15,16)14-7-1-2-17-5-7/h3-4,7,14H,1-2,5H2. The van der Waals surface area contributed by atoms with Crippen LogP contribution in [0.4, 0.5) is 0 Å². The molecule has 0 aromatic heterocycles. The quantitative estimate of drug-likeness (QED) is 0.884. The van der Waals surface area contributed by atoms with Crippen molar-refractivity contribution in [3.05, 3.63) is 26.7 Å². The lowest BCUT2D eigenvalue weighted by atomic mass is 10.3. The van der Waals surface area contributed by atoms with Crippen molar-refractivity contribution in [3.63, 3.8) is 0 Å². The van der Waals surface area contributed by atoms with Crippen molar-refractivity contribution in [2.75, 3.05) is 13.2 Å². The van der Waals surface area contributed by atoms with E-state index in [-0.39, 0.29) is 21.0 Å². The predicted octanol–water partition coefficient (Wildman–Crippen LogP) is 2.82. The Labute approximate surface area is 124 Å². The fourth-order valence-electron chi connectivity index (χ4n) is 1.69. The molecule has 100 valence electrons. The van der Waals surface area contributed by atoms with E-state index in [2.05, 4.69) is 20.7 Å². The van der Waals surface area contributed by atoms with Gasteiger partial charge in [0.15, 0.2) is 0 Å². The number of sulfonamides is 1. The highest BCUT2D eigenvalue weighted by molar-refractivity contribution is 9.10. The summed E-state index contributed by atoms with van der Waals surface area (Å²) in [5.74, 6) is 0. The fourth-order valence-corrected chi connectivity index (χ4v) is 4.88.